The maximum absolute atomic E-state index is 13.3. The zero-order valence-corrected chi connectivity index (χ0v) is 19.0. The quantitative estimate of drug-likeness (QED) is 0.338. The van der Waals surface area contributed by atoms with Gasteiger partial charge < -0.3 is 15.1 Å². The van der Waals surface area contributed by atoms with Crippen LogP contribution in [-0.4, -0.2) is 22.7 Å². The molecule has 2 rings (SSSR count). The van der Waals surface area contributed by atoms with Gasteiger partial charge in [0.05, 0.1) is 0 Å². The molecule has 2 aromatic rings. The molecule has 3 N–H and O–H groups in total. The number of halogens is 3. The van der Waals surface area contributed by atoms with Crippen molar-refractivity contribution in [3.8, 4) is 0 Å². The van der Waals surface area contributed by atoms with Crippen LogP contribution in [0.4, 0.5) is 8.78 Å². The van der Waals surface area contributed by atoms with Gasteiger partial charge in [0.2, 0.25) is 14.3 Å². The van der Waals surface area contributed by atoms with E-state index in [-0.39, 0.29) is 10.4 Å². The molecule has 0 heterocycles. The number of nitrogens with one attached hydrogen (secondary N) is 1. The van der Waals surface area contributed by atoms with E-state index in [1.54, 1.807) is 19.2 Å². The van der Waals surface area contributed by atoms with Gasteiger partial charge in [0.15, 0.2) is 0 Å². The first-order valence-electron chi connectivity index (χ1n) is 9.31. The SMILES string of the molecule is CCc1ccc(C(F)(F)P(O)O)c(Br)c1.CNC(=O)CCCCc1ccccc1. The monoisotopic (exact) mass is 489 g/mol. The molecular weight excluding hydrogens is 463 g/mol. The molecule has 0 bridgehead atoms. The van der Waals surface area contributed by atoms with Crippen molar-refractivity contribution in [1.29, 1.82) is 0 Å². The summed E-state index contributed by atoms with van der Waals surface area (Å²) in [5.74, 6) is 0.137. The normalized spacial score (nSPS) is 11.0. The number of rotatable bonds is 8. The third kappa shape index (κ3) is 8.87. The van der Waals surface area contributed by atoms with Crippen molar-refractivity contribution in [2.45, 2.75) is 44.7 Å². The molecule has 0 aliphatic carbocycles. The Balaban J connectivity index is 0.000000291. The van der Waals surface area contributed by atoms with Crippen molar-refractivity contribution in [1.82, 2.24) is 5.32 Å². The molecule has 29 heavy (non-hydrogen) atoms. The Labute approximate surface area is 180 Å². The van der Waals surface area contributed by atoms with E-state index in [0.717, 1.165) is 31.2 Å². The van der Waals surface area contributed by atoms with Gasteiger partial charge >= 0.3 is 5.66 Å². The largest absolute Gasteiger partial charge is 0.359 e. The van der Waals surface area contributed by atoms with Gasteiger partial charge in [-0.05, 0) is 42.9 Å². The van der Waals surface area contributed by atoms with Gasteiger partial charge in [0, 0.05) is 23.5 Å². The van der Waals surface area contributed by atoms with Gasteiger partial charge in [-0.2, -0.15) is 8.78 Å². The highest BCUT2D eigenvalue weighted by Crippen LogP contribution is 2.54. The summed E-state index contributed by atoms with van der Waals surface area (Å²) in [6, 6.07) is 14.7. The van der Waals surface area contributed by atoms with Crippen molar-refractivity contribution in [3.05, 3.63) is 69.7 Å². The Morgan fingerprint density at radius 2 is 1.76 bits per heavy atom. The minimum Gasteiger partial charge on any atom is -0.359 e. The molecule has 2 aromatic carbocycles. The van der Waals surface area contributed by atoms with Gasteiger partial charge in [0.25, 0.3) is 0 Å². The second kappa shape index (κ2) is 13.0. The van der Waals surface area contributed by atoms with Gasteiger partial charge in [-0.15, -0.1) is 0 Å². The number of hydrogen-bond donors (Lipinski definition) is 3. The lowest BCUT2D eigenvalue weighted by molar-refractivity contribution is -0.120. The van der Waals surface area contributed by atoms with Gasteiger partial charge in [-0.3, -0.25) is 4.79 Å². The van der Waals surface area contributed by atoms with E-state index in [0.29, 0.717) is 6.42 Å². The van der Waals surface area contributed by atoms with E-state index in [1.165, 1.54) is 11.6 Å². The smallest absolute Gasteiger partial charge is 0.340 e. The molecule has 0 unspecified atom stereocenters. The molecule has 0 saturated carbocycles. The van der Waals surface area contributed by atoms with Gasteiger partial charge in [-0.25, -0.2) is 0 Å². The molecule has 8 heteroatoms. The van der Waals surface area contributed by atoms with Crippen LogP contribution in [0.5, 0.6) is 0 Å². The maximum Gasteiger partial charge on any atom is 0.340 e. The van der Waals surface area contributed by atoms with E-state index < -0.39 is 19.6 Å². The minimum absolute atomic E-state index is 0.137. The van der Waals surface area contributed by atoms with E-state index >= 15 is 0 Å². The van der Waals surface area contributed by atoms with Gasteiger partial charge in [-0.1, -0.05) is 65.3 Å². The number of amides is 1. The zero-order valence-electron chi connectivity index (χ0n) is 16.5. The van der Waals surface area contributed by atoms with Crippen molar-refractivity contribution < 1.29 is 23.4 Å². The van der Waals surface area contributed by atoms with Crippen LogP contribution in [0.3, 0.4) is 0 Å². The zero-order chi connectivity index (χ0) is 21.9. The summed E-state index contributed by atoms with van der Waals surface area (Å²) in [6.07, 6.45) is 4.49. The van der Waals surface area contributed by atoms with Crippen LogP contribution in [0.2, 0.25) is 0 Å². The Kier molecular flexibility index (Phi) is 11.5. The number of unbranched alkanes of at least 4 members (excludes halogenated alkanes) is 1. The van der Waals surface area contributed by atoms with Crippen LogP contribution in [0.15, 0.2) is 53.0 Å². The molecule has 0 atom stereocenters. The lowest BCUT2D eigenvalue weighted by Crippen LogP contribution is -2.16. The van der Waals surface area contributed by atoms with E-state index in [2.05, 4.69) is 33.4 Å². The first-order valence-corrected chi connectivity index (χ1v) is 11.4. The maximum atomic E-state index is 13.3. The number of hydrogen-bond acceptors (Lipinski definition) is 3. The Morgan fingerprint density at radius 3 is 2.28 bits per heavy atom. The number of benzene rings is 2. The lowest BCUT2D eigenvalue weighted by atomic mass is 10.1. The Morgan fingerprint density at radius 1 is 1.10 bits per heavy atom. The predicted molar refractivity (Wildman–Crippen MR) is 117 cm³/mol. The van der Waals surface area contributed by atoms with Gasteiger partial charge in [0.1, 0.15) is 0 Å². The minimum atomic E-state index is -3.60. The van der Waals surface area contributed by atoms with Crippen molar-refractivity contribution in [3.63, 3.8) is 0 Å². The summed E-state index contributed by atoms with van der Waals surface area (Å²) in [5, 5.41) is 2.62. The molecule has 0 radical (unpaired) electrons. The molecule has 0 spiro atoms. The van der Waals surface area contributed by atoms with E-state index in [4.69, 9.17) is 9.79 Å². The topological polar surface area (TPSA) is 69.6 Å². The first-order chi connectivity index (χ1) is 13.7. The second-order valence-corrected chi connectivity index (χ2v) is 8.36. The fraction of sp³-hybridized carbons (Fsp3) is 0.381. The third-order valence-electron chi connectivity index (χ3n) is 4.26. The number of carbonyl (C=O) groups excluding carboxylic acids is 1. The average molecular weight is 490 g/mol. The molecule has 0 fully saturated rings. The molecule has 0 aromatic heterocycles. The van der Waals surface area contributed by atoms with Crippen LogP contribution < -0.4 is 5.32 Å². The molecular formula is C21H27BrF2NO3P. The molecule has 4 nitrogen and oxygen atoms in total. The fourth-order valence-corrected chi connectivity index (χ4v) is 3.75. The lowest BCUT2D eigenvalue weighted by Gasteiger charge is -2.19. The highest BCUT2D eigenvalue weighted by molar-refractivity contribution is 9.10. The highest BCUT2D eigenvalue weighted by atomic mass is 79.9. The summed E-state index contributed by atoms with van der Waals surface area (Å²) in [4.78, 5) is 28.2. The molecule has 0 aliphatic heterocycles. The van der Waals surface area contributed by atoms with Crippen LogP contribution in [-0.2, 0) is 23.3 Å². The van der Waals surface area contributed by atoms with Crippen molar-refractivity contribution in [2.75, 3.05) is 7.05 Å². The number of alkyl halides is 2. The average Bonchev–Trinajstić information content (AvgIpc) is 2.71. The van der Waals surface area contributed by atoms with E-state index in [9.17, 15) is 13.6 Å². The standard InChI is InChI=1S/C12H17NO.C9H10BrF2O2P/c1-13-12(14)10-6-5-9-11-7-3-2-4-8-11;1-2-6-3-4-7(8(10)5-6)9(11,12)15(13)14/h2-4,7-8H,5-6,9-10H2,1H3,(H,13,14);3-5,13-14H,2H2,1H3. The van der Waals surface area contributed by atoms with Crippen LogP contribution >= 0.6 is 24.3 Å². The van der Waals surface area contributed by atoms with Crippen LogP contribution in [0.1, 0.15) is 42.9 Å². The molecule has 160 valence electrons. The summed E-state index contributed by atoms with van der Waals surface area (Å²) in [5.41, 5.74) is -1.73. The van der Waals surface area contributed by atoms with Crippen LogP contribution in [0.25, 0.3) is 0 Å². The summed E-state index contributed by atoms with van der Waals surface area (Å²) in [6.45, 7) is 1.91. The summed E-state index contributed by atoms with van der Waals surface area (Å²) >= 11 is 3.00. The predicted octanol–water partition coefficient (Wildman–Crippen LogP) is 5.50. The van der Waals surface area contributed by atoms with Crippen molar-refractivity contribution in [2.24, 2.45) is 0 Å². The Hall–Kier alpha value is -1.40. The fourth-order valence-electron chi connectivity index (χ4n) is 2.51. The molecule has 1 amide bonds. The number of carbonyl (C=O) groups is 1. The van der Waals surface area contributed by atoms with E-state index in [1.807, 2.05) is 25.1 Å². The molecule has 0 aliphatic rings. The second-order valence-electron chi connectivity index (χ2n) is 6.36. The first kappa shape index (κ1) is 25.6. The highest BCUT2D eigenvalue weighted by Gasteiger charge is 2.42. The molecule has 0 saturated heterocycles. The summed E-state index contributed by atoms with van der Waals surface area (Å²) < 4.78 is 26.7. The number of aryl methyl sites for hydroxylation is 2. The van der Waals surface area contributed by atoms with Crippen molar-refractivity contribution >= 4 is 30.2 Å². The summed E-state index contributed by atoms with van der Waals surface area (Å²) in [7, 11) is -1.63. The van der Waals surface area contributed by atoms with Crippen LogP contribution in [0, 0.1) is 0 Å². The third-order valence-corrected chi connectivity index (χ3v) is 5.66. The Bertz CT molecular complexity index is 761.